The summed E-state index contributed by atoms with van der Waals surface area (Å²) in [6, 6.07) is 26.3. The third-order valence-electron chi connectivity index (χ3n) is 6.74. The molecule has 1 unspecified atom stereocenters. The van der Waals surface area contributed by atoms with E-state index >= 15 is 0 Å². The van der Waals surface area contributed by atoms with Gasteiger partial charge in [0, 0.05) is 37.8 Å². The smallest absolute Gasteiger partial charge is 0.119 e. The second-order valence-corrected chi connectivity index (χ2v) is 9.08. The number of nitrogens with zero attached hydrogens (tertiary/aromatic N) is 2. The van der Waals surface area contributed by atoms with Gasteiger partial charge in [-0.1, -0.05) is 54.1 Å². The molecular weight excluding hydrogens is 399 g/mol. The van der Waals surface area contributed by atoms with Crippen LogP contribution in [0.5, 0.6) is 5.75 Å². The molecule has 1 atom stereocenters. The molecule has 2 aliphatic heterocycles. The normalized spacial score (nSPS) is 18.8. The summed E-state index contributed by atoms with van der Waals surface area (Å²) in [4.78, 5) is 4.76. The molecule has 32 heavy (non-hydrogen) atoms. The highest BCUT2D eigenvalue weighted by Gasteiger charge is 2.29. The van der Waals surface area contributed by atoms with Crippen molar-refractivity contribution in [2.75, 3.05) is 44.4 Å². The van der Waals surface area contributed by atoms with Crippen LogP contribution in [0.3, 0.4) is 0 Å². The van der Waals surface area contributed by atoms with Gasteiger partial charge in [0.15, 0.2) is 0 Å². The van der Waals surface area contributed by atoms with Crippen molar-refractivity contribution < 1.29 is 9.13 Å². The molecule has 1 fully saturated rings. The molecule has 3 aromatic rings. The van der Waals surface area contributed by atoms with E-state index in [1.165, 1.54) is 27.9 Å². The van der Waals surface area contributed by atoms with Crippen LogP contribution in [-0.2, 0) is 6.42 Å². The Bertz CT molecular complexity index is 1030. The van der Waals surface area contributed by atoms with Crippen molar-refractivity contribution in [1.82, 2.24) is 4.90 Å². The lowest BCUT2D eigenvalue weighted by Crippen LogP contribution is -2.49. The molecule has 0 saturated carbocycles. The number of fused-ring (bicyclic) bond motifs is 1. The second kappa shape index (κ2) is 9.33. The Hall–Kier alpha value is -2.85. The summed E-state index contributed by atoms with van der Waals surface area (Å²) in [5, 5.41) is 0. The Morgan fingerprint density at radius 1 is 0.969 bits per heavy atom. The molecule has 2 aliphatic rings. The summed E-state index contributed by atoms with van der Waals surface area (Å²) in [6.07, 6.45) is 1.06. The highest BCUT2D eigenvalue weighted by Crippen LogP contribution is 2.39. The number of hydrogen-bond donors (Lipinski definition) is 0. The lowest BCUT2D eigenvalue weighted by Gasteiger charge is -2.39. The molecule has 3 nitrogen and oxygen atoms in total. The van der Waals surface area contributed by atoms with Gasteiger partial charge in [-0.15, -0.1) is 0 Å². The maximum absolute atomic E-state index is 12.6. The van der Waals surface area contributed by atoms with Gasteiger partial charge in [0.25, 0.3) is 0 Å². The van der Waals surface area contributed by atoms with Gasteiger partial charge in [-0.05, 0) is 54.3 Å². The third-order valence-corrected chi connectivity index (χ3v) is 6.74. The molecule has 0 aromatic heterocycles. The number of rotatable bonds is 7. The lowest BCUT2D eigenvalue weighted by atomic mass is 9.87. The van der Waals surface area contributed by atoms with Gasteiger partial charge in [0.1, 0.15) is 12.4 Å². The summed E-state index contributed by atoms with van der Waals surface area (Å²) in [5.74, 6) is 1.12. The van der Waals surface area contributed by atoms with Crippen LogP contribution >= 0.6 is 0 Å². The van der Waals surface area contributed by atoms with Gasteiger partial charge in [-0.3, -0.25) is 9.29 Å². The van der Waals surface area contributed by atoms with Crippen molar-refractivity contribution in [2.45, 2.75) is 19.4 Å². The topological polar surface area (TPSA) is 15.7 Å². The number of halogens is 1. The fourth-order valence-corrected chi connectivity index (χ4v) is 5.01. The molecule has 0 amide bonds. The van der Waals surface area contributed by atoms with Crippen LogP contribution in [0.2, 0.25) is 0 Å². The van der Waals surface area contributed by atoms with E-state index in [1.54, 1.807) is 0 Å². The van der Waals surface area contributed by atoms with E-state index in [-0.39, 0.29) is 18.6 Å². The molecular formula is C28H31FN2O. The second-order valence-electron chi connectivity index (χ2n) is 9.08. The summed E-state index contributed by atoms with van der Waals surface area (Å²) in [6.45, 7) is 6.17. The summed E-state index contributed by atoms with van der Waals surface area (Å²) in [7, 11) is 0. The number of benzene rings is 3. The molecule has 5 rings (SSSR count). The summed E-state index contributed by atoms with van der Waals surface area (Å²) < 4.78 is 18.5. The van der Waals surface area contributed by atoms with Crippen LogP contribution in [-0.4, -0.2) is 44.4 Å². The monoisotopic (exact) mass is 430 g/mol. The van der Waals surface area contributed by atoms with Crippen LogP contribution in [0.15, 0.2) is 72.8 Å². The van der Waals surface area contributed by atoms with Gasteiger partial charge < -0.3 is 9.64 Å². The van der Waals surface area contributed by atoms with Crippen molar-refractivity contribution in [3.8, 4) is 5.75 Å². The average Bonchev–Trinajstić information content (AvgIpc) is 2.80. The first-order valence-corrected chi connectivity index (χ1v) is 11.6. The molecule has 2 heterocycles. The Balaban J connectivity index is 1.33. The minimum Gasteiger partial charge on any atom is -0.492 e. The van der Waals surface area contributed by atoms with Crippen LogP contribution in [0.4, 0.5) is 10.1 Å². The van der Waals surface area contributed by atoms with Gasteiger partial charge >= 0.3 is 0 Å². The molecule has 166 valence electrons. The SMILES string of the molecule is Cc1ccc2c(c1)CCN(c1ccccc1)C2c1ccc(OCCN2CC(CF)C2)cc1. The van der Waals surface area contributed by atoms with Gasteiger partial charge in [-0.25, -0.2) is 0 Å². The zero-order valence-electron chi connectivity index (χ0n) is 18.7. The number of likely N-dealkylation sites (tertiary alicyclic amines) is 1. The number of aryl methyl sites for hydroxylation is 1. The van der Waals surface area contributed by atoms with E-state index in [4.69, 9.17) is 4.74 Å². The van der Waals surface area contributed by atoms with Gasteiger partial charge in [0.05, 0.1) is 12.7 Å². The third kappa shape index (κ3) is 4.37. The number of hydrogen-bond acceptors (Lipinski definition) is 3. The molecule has 0 radical (unpaired) electrons. The number of para-hydroxylation sites is 1. The van der Waals surface area contributed by atoms with Crippen LogP contribution in [0, 0.1) is 12.8 Å². The van der Waals surface area contributed by atoms with Crippen LogP contribution in [0.1, 0.15) is 28.3 Å². The average molecular weight is 431 g/mol. The lowest BCUT2D eigenvalue weighted by molar-refractivity contribution is 0.0668. The minimum absolute atomic E-state index is 0.189. The predicted octanol–water partition coefficient (Wildman–Crippen LogP) is 5.43. The first-order valence-electron chi connectivity index (χ1n) is 11.6. The molecule has 3 aromatic carbocycles. The maximum Gasteiger partial charge on any atom is 0.119 e. The molecule has 0 spiro atoms. The van der Waals surface area contributed by atoms with E-state index in [9.17, 15) is 4.39 Å². The zero-order chi connectivity index (χ0) is 21.9. The van der Waals surface area contributed by atoms with Gasteiger partial charge in [-0.2, -0.15) is 0 Å². The Morgan fingerprint density at radius 2 is 1.75 bits per heavy atom. The van der Waals surface area contributed by atoms with E-state index in [2.05, 4.69) is 89.5 Å². The fourth-order valence-electron chi connectivity index (χ4n) is 5.01. The van der Waals surface area contributed by atoms with Gasteiger partial charge in [0.2, 0.25) is 0 Å². The number of alkyl halides is 1. The molecule has 1 saturated heterocycles. The highest BCUT2D eigenvalue weighted by atomic mass is 19.1. The van der Waals surface area contributed by atoms with Crippen molar-refractivity contribution in [2.24, 2.45) is 5.92 Å². The first-order chi connectivity index (χ1) is 15.7. The molecule has 0 aliphatic carbocycles. The highest BCUT2D eigenvalue weighted by molar-refractivity contribution is 5.56. The van der Waals surface area contributed by atoms with Crippen molar-refractivity contribution >= 4 is 5.69 Å². The van der Waals surface area contributed by atoms with Crippen molar-refractivity contribution in [3.63, 3.8) is 0 Å². The molecule has 0 bridgehead atoms. The Labute approximate surface area is 190 Å². The summed E-state index contributed by atoms with van der Waals surface area (Å²) in [5.41, 5.74) is 6.69. The predicted molar refractivity (Wildman–Crippen MR) is 128 cm³/mol. The minimum atomic E-state index is -0.206. The largest absolute Gasteiger partial charge is 0.492 e. The number of anilines is 1. The van der Waals surface area contributed by atoms with Crippen LogP contribution < -0.4 is 9.64 Å². The first kappa shape index (κ1) is 21.0. The van der Waals surface area contributed by atoms with E-state index in [0.29, 0.717) is 6.61 Å². The van der Waals surface area contributed by atoms with Crippen molar-refractivity contribution in [3.05, 3.63) is 95.1 Å². The quantitative estimate of drug-likeness (QED) is 0.497. The summed E-state index contributed by atoms with van der Waals surface area (Å²) >= 11 is 0. The maximum atomic E-state index is 12.6. The van der Waals surface area contributed by atoms with E-state index in [0.717, 1.165) is 38.3 Å². The molecule has 4 heteroatoms. The molecule has 0 N–H and O–H groups in total. The zero-order valence-corrected chi connectivity index (χ0v) is 18.7. The fraction of sp³-hybridized carbons (Fsp3) is 0.357. The Morgan fingerprint density at radius 3 is 2.50 bits per heavy atom. The van der Waals surface area contributed by atoms with Crippen LogP contribution in [0.25, 0.3) is 0 Å². The Kier molecular flexibility index (Phi) is 6.13. The van der Waals surface area contributed by atoms with Crippen molar-refractivity contribution in [1.29, 1.82) is 0 Å². The standard InChI is InChI=1S/C28H31FN2O/c1-21-7-12-27-24(17-21)13-14-31(25-5-3-2-4-6-25)28(27)23-8-10-26(11-9-23)32-16-15-30-19-22(18-29)20-30/h2-12,17,22,28H,13-16,18-20H2,1H3. The van der Waals surface area contributed by atoms with E-state index < -0.39 is 0 Å². The number of ether oxygens (including phenoxy) is 1. The van der Waals surface area contributed by atoms with E-state index in [1.807, 2.05) is 0 Å².